The Balaban J connectivity index is 2.16. The Kier molecular flexibility index (Phi) is 5.32. The minimum absolute atomic E-state index is 0.0928. The summed E-state index contributed by atoms with van der Waals surface area (Å²) in [6, 6.07) is 7.43. The largest absolute Gasteiger partial charge is 0.329 e. The molecule has 0 saturated heterocycles. The van der Waals surface area contributed by atoms with Gasteiger partial charge >= 0.3 is 0 Å². The van der Waals surface area contributed by atoms with Gasteiger partial charge in [0, 0.05) is 33.9 Å². The fourth-order valence-electron chi connectivity index (χ4n) is 2.24. The van der Waals surface area contributed by atoms with E-state index in [9.17, 15) is 4.39 Å². The van der Waals surface area contributed by atoms with Gasteiger partial charge in [0.2, 0.25) is 0 Å². The number of hydrogen-bond donors (Lipinski definition) is 1. The lowest BCUT2D eigenvalue weighted by Crippen LogP contribution is -2.30. The molecule has 0 aliphatic carbocycles. The SMILES string of the molecule is Cc1cc(C(CN)N(C)Cc2cc(Br)cs2)ccc1F. The molecule has 0 aliphatic heterocycles. The molecule has 1 aromatic heterocycles. The monoisotopic (exact) mass is 356 g/mol. The van der Waals surface area contributed by atoms with Gasteiger partial charge in [-0.3, -0.25) is 4.90 Å². The maximum atomic E-state index is 13.4. The first-order chi connectivity index (χ1) is 9.51. The highest BCUT2D eigenvalue weighted by Crippen LogP contribution is 2.26. The Morgan fingerprint density at radius 2 is 2.15 bits per heavy atom. The molecule has 1 atom stereocenters. The van der Waals surface area contributed by atoms with Crippen LogP contribution in [0.3, 0.4) is 0 Å². The van der Waals surface area contributed by atoms with E-state index in [0.29, 0.717) is 12.1 Å². The first-order valence-corrected chi connectivity index (χ1v) is 8.07. The normalized spacial score (nSPS) is 12.9. The predicted octanol–water partition coefficient (Wildman–Crippen LogP) is 4.09. The van der Waals surface area contributed by atoms with Crippen LogP contribution in [0.25, 0.3) is 0 Å². The summed E-state index contributed by atoms with van der Waals surface area (Å²) in [4.78, 5) is 3.47. The van der Waals surface area contributed by atoms with Gasteiger partial charge in [-0.2, -0.15) is 0 Å². The number of nitrogens with two attached hydrogens (primary N) is 1. The van der Waals surface area contributed by atoms with Crippen molar-refractivity contribution in [3.63, 3.8) is 0 Å². The summed E-state index contributed by atoms with van der Waals surface area (Å²) in [5.41, 5.74) is 7.63. The maximum absolute atomic E-state index is 13.4. The minimum atomic E-state index is -0.172. The molecule has 1 aromatic carbocycles. The molecule has 0 bridgehead atoms. The van der Waals surface area contributed by atoms with Crippen molar-refractivity contribution in [1.82, 2.24) is 4.90 Å². The summed E-state index contributed by atoms with van der Waals surface area (Å²) in [7, 11) is 2.05. The second kappa shape index (κ2) is 6.80. The average Bonchev–Trinajstić information content (AvgIpc) is 2.80. The highest BCUT2D eigenvalue weighted by atomic mass is 79.9. The second-order valence-corrected chi connectivity index (χ2v) is 6.82. The van der Waals surface area contributed by atoms with Crippen LogP contribution in [0.15, 0.2) is 34.1 Å². The van der Waals surface area contributed by atoms with Gasteiger partial charge < -0.3 is 5.73 Å². The van der Waals surface area contributed by atoms with Crippen LogP contribution >= 0.6 is 27.3 Å². The summed E-state index contributed by atoms with van der Waals surface area (Å²) in [6.45, 7) is 3.12. The second-order valence-electron chi connectivity index (χ2n) is 4.91. The van der Waals surface area contributed by atoms with Crippen molar-refractivity contribution in [3.8, 4) is 0 Å². The zero-order valence-corrected chi connectivity index (χ0v) is 14.0. The van der Waals surface area contributed by atoms with E-state index < -0.39 is 0 Å². The van der Waals surface area contributed by atoms with Gasteiger partial charge in [0.1, 0.15) is 5.82 Å². The molecule has 0 amide bonds. The summed E-state index contributed by atoms with van der Waals surface area (Å²) < 4.78 is 14.5. The molecular formula is C15H18BrFN2S. The fraction of sp³-hybridized carbons (Fsp3) is 0.333. The lowest BCUT2D eigenvalue weighted by atomic mass is 10.0. The van der Waals surface area contributed by atoms with E-state index in [4.69, 9.17) is 5.73 Å². The van der Waals surface area contributed by atoms with E-state index in [1.54, 1.807) is 18.3 Å². The molecule has 108 valence electrons. The fourth-order valence-corrected chi connectivity index (χ4v) is 3.75. The van der Waals surface area contributed by atoms with Crippen molar-refractivity contribution >= 4 is 27.3 Å². The van der Waals surface area contributed by atoms with Gasteiger partial charge in [-0.05, 0) is 53.2 Å². The molecule has 0 aliphatic rings. The van der Waals surface area contributed by atoms with Crippen LogP contribution in [0, 0.1) is 12.7 Å². The van der Waals surface area contributed by atoms with Crippen molar-refractivity contribution in [1.29, 1.82) is 0 Å². The first kappa shape index (κ1) is 15.6. The third kappa shape index (κ3) is 3.67. The number of hydrogen-bond acceptors (Lipinski definition) is 3. The number of aryl methyl sites for hydroxylation is 1. The number of rotatable bonds is 5. The zero-order valence-electron chi connectivity index (χ0n) is 11.6. The number of nitrogens with zero attached hydrogens (tertiary/aromatic N) is 1. The molecule has 20 heavy (non-hydrogen) atoms. The Bertz CT molecular complexity index is 585. The quantitative estimate of drug-likeness (QED) is 0.873. The van der Waals surface area contributed by atoms with Crippen LogP contribution in [0.4, 0.5) is 4.39 Å². The van der Waals surface area contributed by atoms with Crippen LogP contribution in [0.2, 0.25) is 0 Å². The van der Waals surface area contributed by atoms with Crippen LogP contribution in [-0.2, 0) is 6.54 Å². The van der Waals surface area contributed by atoms with Gasteiger partial charge in [-0.15, -0.1) is 11.3 Å². The molecule has 2 nitrogen and oxygen atoms in total. The number of benzene rings is 1. The van der Waals surface area contributed by atoms with Crippen molar-refractivity contribution in [3.05, 3.63) is 55.9 Å². The van der Waals surface area contributed by atoms with Gasteiger partial charge in [-0.25, -0.2) is 4.39 Å². The third-order valence-electron chi connectivity index (χ3n) is 3.35. The lowest BCUT2D eigenvalue weighted by Gasteiger charge is -2.27. The smallest absolute Gasteiger partial charge is 0.126 e. The summed E-state index contributed by atoms with van der Waals surface area (Å²) in [5.74, 6) is -0.172. The van der Waals surface area contributed by atoms with Crippen molar-refractivity contribution in [2.45, 2.75) is 19.5 Å². The van der Waals surface area contributed by atoms with E-state index in [1.165, 1.54) is 10.9 Å². The van der Waals surface area contributed by atoms with Crippen molar-refractivity contribution in [2.24, 2.45) is 5.73 Å². The van der Waals surface area contributed by atoms with Crippen LogP contribution in [-0.4, -0.2) is 18.5 Å². The topological polar surface area (TPSA) is 29.3 Å². The molecule has 1 heterocycles. The zero-order chi connectivity index (χ0) is 14.7. The van der Waals surface area contributed by atoms with E-state index >= 15 is 0 Å². The van der Waals surface area contributed by atoms with Crippen LogP contribution in [0.5, 0.6) is 0 Å². The number of halogens is 2. The van der Waals surface area contributed by atoms with Crippen molar-refractivity contribution < 1.29 is 4.39 Å². The Morgan fingerprint density at radius 3 is 2.70 bits per heavy atom. The van der Waals surface area contributed by atoms with Gasteiger partial charge in [0.05, 0.1) is 0 Å². The van der Waals surface area contributed by atoms with E-state index in [2.05, 4.69) is 32.3 Å². The Hall–Kier alpha value is -0.750. The summed E-state index contributed by atoms with van der Waals surface area (Å²) >= 11 is 5.18. The van der Waals surface area contributed by atoms with Crippen molar-refractivity contribution in [2.75, 3.05) is 13.6 Å². The molecule has 2 N–H and O–H groups in total. The third-order valence-corrected chi connectivity index (χ3v) is 5.03. The predicted molar refractivity (Wildman–Crippen MR) is 86.4 cm³/mol. The summed E-state index contributed by atoms with van der Waals surface area (Å²) in [6.07, 6.45) is 0. The number of thiophene rings is 1. The Morgan fingerprint density at radius 1 is 1.40 bits per heavy atom. The molecule has 2 rings (SSSR count). The maximum Gasteiger partial charge on any atom is 0.126 e. The van der Waals surface area contributed by atoms with Crippen LogP contribution in [0.1, 0.15) is 22.0 Å². The molecule has 1 unspecified atom stereocenters. The Labute approximate surface area is 131 Å². The molecular weight excluding hydrogens is 339 g/mol. The highest BCUT2D eigenvalue weighted by Gasteiger charge is 2.17. The van der Waals surface area contributed by atoms with Gasteiger partial charge in [0.25, 0.3) is 0 Å². The summed E-state index contributed by atoms with van der Waals surface area (Å²) in [5, 5.41) is 2.07. The standard InChI is InChI=1S/C15H18BrFN2S/c1-10-5-11(3-4-14(10)17)15(7-18)19(2)8-13-6-12(16)9-20-13/h3-6,9,15H,7-8,18H2,1-2H3. The molecule has 0 saturated carbocycles. The molecule has 2 aromatic rings. The van der Waals surface area contributed by atoms with Crippen LogP contribution < -0.4 is 5.73 Å². The highest BCUT2D eigenvalue weighted by molar-refractivity contribution is 9.10. The van der Waals surface area contributed by atoms with E-state index in [-0.39, 0.29) is 11.9 Å². The van der Waals surface area contributed by atoms with E-state index in [1.807, 2.05) is 19.2 Å². The van der Waals surface area contributed by atoms with E-state index in [0.717, 1.165) is 16.6 Å². The van der Waals surface area contributed by atoms with Gasteiger partial charge in [-0.1, -0.05) is 12.1 Å². The number of likely N-dealkylation sites (N-methyl/N-ethyl adjacent to an activating group) is 1. The molecule has 5 heteroatoms. The molecule has 0 radical (unpaired) electrons. The van der Waals surface area contributed by atoms with Gasteiger partial charge in [0.15, 0.2) is 0 Å². The molecule has 0 spiro atoms. The first-order valence-electron chi connectivity index (χ1n) is 6.40. The molecule has 0 fully saturated rings. The lowest BCUT2D eigenvalue weighted by molar-refractivity contribution is 0.243. The minimum Gasteiger partial charge on any atom is -0.329 e. The average molecular weight is 357 g/mol.